The molecular formula is C22H30IN3O5. The molecule has 0 aliphatic carbocycles. The van der Waals surface area contributed by atoms with Crippen LogP contribution in [0.1, 0.15) is 18.1 Å². The minimum Gasteiger partial charge on any atom is -0.493 e. The fourth-order valence-electron chi connectivity index (χ4n) is 3.16. The Morgan fingerprint density at radius 3 is 2.29 bits per heavy atom. The number of benzene rings is 2. The zero-order chi connectivity index (χ0) is 21.3. The van der Waals surface area contributed by atoms with Crippen molar-refractivity contribution in [3.05, 3.63) is 41.5 Å². The van der Waals surface area contributed by atoms with Crippen LogP contribution in [0.4, 0.5) is 0 Å². The maximum Gasteiger partial charge on any atom is 0.231 e. The molecule has 170 valence electrons. The van der Waals surface area contributed by atoms with Crippen LogP contribution in [-0.2, 0) is 13.0 Å². The standard InChI is InChI=1S/C22H29N3O5.HI/c1-5-23-22(24-9-8-15-6-7-17-18(10-15)30-14-29-17)25-13-16-11-19(26-2)21(28-4)20(12-16)27-3;/h6-7,10-12H,5,8-9,13-14H2,1-4H3,(H2,23,24,25);1H. The topological polar surface area (TPSA) is 82.6 Å². The van der Waals surface area contributed by atoms with Crippen molar-refractivity contribution in [2.75, 3.05) is 41.2 Å². The maximum absolute atomic E-state index is 5.44. The van der Waals surface area contributed by atoms with Gasteiger partial charge in [0.05, 0.1) is 27.9 Å². The number of methoxy groups -OCH3 is 3. The molecule has 31 heavy (non-hydrogen) atoms. The average molecular weight is 543 g/mol. The van der Waals surface area contributed by atoms with Gasteiger partial charge >= 0.3 is 0 Å². The van der Waals surface area contributed by atoms with Crippen LogP contribution < -0.4 is 34.3 Å². The molecule has 0 amide bonds. The van der Waals surface area contributed by atoms with Crippen molar-refractivity contribution in [2.45, 2.75) is 19.9 Å². The molecule has 1 heterocycles. The number of ether oxygens (including phenoxy) is 5. The Morgan fingerprint density at radius 1 is 0.935 bits per heavy atom. The highest BCUT2D eigenvalue weighted by Crippen LogP contribution is 2.38. The number of halogens is 1. The molecule has 0 saturated carbocycles. The van der Waals surface area contributed by atoms with Crippen molar-refractivity contribution in [1.29, 1.82) is 0 Å². The molecule has 2 aromatic rings. The lowest BCUT2D eigenvalue weighted by atomic mass is 10.1. The van der Waals surface area contributed by atoms with E-state index in [1.165, 1.54) is 5.56 Å². The summed E-state index contributed by atoms with van der Waals surface area (Å²) in [5.41, 5.74) is 2.13. The predicted octanol–water partition coefficient (Wildman–Crippen LogP) is 3.36. The molecule has 3 rings (SSSR count). The van der Waals surface area contributed by atoms with Crippen LogP contribution >= 0.6 is 24.0 Å². The van der Waals surface area contributed by atoms with Gasteiger partial charge in [-0.25, -0.2) is 4.99 Å². The van der Waals surface area contributed by atoms with E-state index in [-0.39, 0.29) is 30.8 Å². The Balaban J connectivity index is 0.00000341. The third-order valence-electron chi connectivity index (χ3n) is 4.63. The summed E-state index contributed by atoms with van der Waals surface area (Å²) in [6.07, 6.45) is 0.839. The molecule has 8 nitrogen and oxygen atoms in total. The van der Waals surface area contributed by atoms with Crippen LogP contribution in [0.2, 0.25) is 0 Å². The molecule has 2 N–H and O–H groups in total. The van der Waals surface area contributed by atoms with E-state index in [4.69, 9.17) is 23.7 Å². The third kappa shape index (κ3) is 6.46. The monoisotopic (exact) mass is 543 g/mol. The summed E-state index contributed by atoms with van der Waals surface area (Å²) in [6.45, 7) is 4.30. The predicted molar refractivity (Wildman–Crippen MR) is 131 cm³/mol. The van der Waals surface area contributed by atoms with E-state index in [9.17, 15) is 0 Å². The molecule has 0 saturated heterocycles. The van der Waals surface area contributed by atoms with Crippen molar-refractivity contribution in [1.82, 2.24) is 10.6 Å². The minimum atomic E-state index is 0. The summed E-state index contributed by atoms with van der Waals surface area (Å²) in [6, 6.07) is 9.82. The van der Waals surface area contributed by atoms with Gasteiger partial charge in [0.1, 0.15) is 0 Å². The molecule has 9 heteroatoms. The van der Waals surface area contributed by atoms with Crippen molar-refractivity contribution in [3.63, 3.8) is 0 Å². The molecule has 0 fully saturated rings. The molecule has 0 atom stereocenters. The molecule has 1 aliphatic heterocycles. The number of nitrogens with one attached hydrogen (secondary N) is 2. The normalized spacial score (nSPS) is 12.1. The first-order valence-electron chi connectivity index (χ1n) is 9.88. The fourth-order valence-corrected chi connectivity index (χ4v) is 3.16. The minimum absolute atomic E-state index is 0. The first-order valence-corrected chi connectivity index (χ1v) is 9.88. The molecule has 0 aromatic heterocycles. The highest BCUT2D eigenvalue weighted by molar-refractivity contribution is 14.0. The van der Waals surface area contributed by atoms with Crippen molar-refractivity contribution in [3.8, 4) is 28.7 Å². The van der Waals surface area contributed by atoms with Gasteiger partial charge in [0.2, 0.25) is 12.5 Å². The maximum atomic E-state index is 5.44. The van der Waals surface area contributed by atoms with E-state index in [2.05, 4.69) is 21.7 Å². The summed E-state index contributed by atoms with van der Waals surface area (Å²) >= 11 is 0. The van der Waals surface area contributed by atoms with Crippen LogP contribution in [0.25, 0.3) is 0 Å². The fraction of sp³-hybridized carbons (Fsp3) is 0.409. The van der Waals surface area contributed by atoms with Gasteiger partial charge in [0, 0.05) is 13.1 Å². The number of hydrogen-bond donors (Lipinski definition) is 2. The van der Waals surface area contributed by atoms with Crippen LogP contribution in [-0.4, -0.2) is 47.2 Å². The smallest absolute Gasteiger partial charge is 0.231 e. The van der Waals surface area contributed by atoms with E-state index < -0.39 is 0 Å². The molecule has 0 spiro atoms. The Hall–Kier alpha value is -2.56. The Morgan fingerprint density at radius 2 is 1.65 bits per heavy atom. The number of hydrogen-bond acceptors (Lipinski definition) is 6. The summed E-state index contributed by atoms with van der Waals surface area (Å²) in [4.78, 5) is 4.68. The number of aliphatic imine (C=N–C) groups is 1. The summed E-state index contributed by atoms with van der Waals surface area (Å²) < 4.78 is 27.0. The number of fused-ring (bicyclic) bond motifs is 1. The molecule has 2 aromatic carbocycles. The molecule has 1 aliphatic rings. The van der Waals surface area contributed by atoms with Gasteiger partial charge in [-0.15, -0.1) is 24.0 Å². The van der Waals surface area contributed by atoms with Gasteiger partial charge < -0.3 is 34.3 Å². The van der Waals surface area contributed by atoms with E-state index in [0.717, 1.165) is 42.5 Å². The molecule has 0 unspecified atom stereocenters. The molecular weight excluding hydrogens is 513 g/mol. The largest absolute Gasteiger partial charge is 0.493 e. The van der Waals surface area contributed by atoms with Gasteiger partial charge in [0.15, 0.2) is 29.0 Å². The van der Waals surface area contributed by atoms with E-state index >= 15 is 0 Å². The van der Waals surface area contributed by atoms with Crippen molar-refractivity contribution < 1.29 is 23.7 Å². The van der Waals surface area contributed by atoms with Gasteiger partial charge in [0.25, 0.3) is 0 Å². The molecule has 0 bridgehead atoms. The number of rotatable bonds is 9. The second kappa shape index (κ2) is 12.3. The third-order valence-corrected chi connectivity index (χ3v) is 4.63. The van der Waals surface area contributed by atoms with Gasteiger partial charge in [-0.3, -0.25) is 0 Å². The van der Waals surface area contributed by atoms with Crippen LogP contribution in [0.5, 0.6) is 28.7 Å². The zero-order valence-electron chi connectivity index (χ0n) is 18.3. The summed E-state index contributed by atoms with van der Waals surface area (Å²) in [7, 11) is 4.80. The number of guanidine groups is 1. The van der Waals surface area contributed by atoms with Crippen LogP contribution in [0.15, 0.2) is 35.3 Å². The second-order valence-corrected chi connectivity index (χ2v) is 6.59. The van der Waals surface area contributed by atoms with E-state index in [1.54, 1.807) is 21.3 Å². The van der Waals surface area contributed by atoms with Crippen LogP contribution in [0, 0.1) is 0 Å². The summed E-state index contributed by atoms with van der Waals surface area (Å²) in [5.74, 6) is 4.14. The van der Waals surface area contributed by atoms with E-state index in [1.807, 2.05) is 31.2 Å². The van der Waals surface area contributed by atoms with E-state index in [0.29, 0.717) is 23.8 Å². The Labute approximate surface area is 200 Å². The highest BCUT2D eigenvalue weighted by atomic mass is 127. The lowest BCUT2D eigenvalue weighted by molar-refractivity contribution is 0.174. The SMILES string of the molecule is CCNC(=NCc1cc(OC)c(OC)c(OC)c1)NCCc1ccc2c(c1)OCO2.I. The van der Waals surface area contributed by atoms with Gasteiger partial charge in [-0.2, -0.15) is 0 Å². The lowest BCUT2D eigenvalue weighted by Gasteiger charge is -2.14. The average Bonchev–Trinajstić information content (AvgIpc) is 3.24. The van der Waals surface area contributed by atoms with Gasteiger partial charge in [-0.1, -0.05) is 6.07 Å². The van der Waals surface area contributed by atoms with Crippen molar-refractivity contribution >= 4 is 29.9 Å². The lowest BCUT2D eigenvalue weighted by Crippen LogP contribution is -2.38. The summed E-state index contributed by atoms with van der Waals surface area (Å²) in [5, 5.41) is 6.63. The number of nitrogens with zero attached hydrogens (tertiary/aromatic N) is 1. The van der Waals surface area contributed by atoms with Crippen LogP contribution in [0.3, 0.4) is 0 Å². The Bertz CT molecular complexity index is 866. The van der Waals surface area contributed by atoms with Crippen molar-refractivity contribution in [2.24, 2.45) is 4.99 Å². The molecule has 0 radical (unpaired) electrons. The second-order valence-electron chi connectivity index (χ2n) is 6.59. The Kier molecular flexibility index (Phi) is 9.83. The zero-order valence-corrected chi connectivity index (χ0v) is 20.6. The first kappa shape index (κ1) is 24.7. The first-order chi connectivity index (χ1) is 14.7. The quantitative estimate of drug-likeness (QED) is 0.285. The van der Waals surface area contributed by atoms with Gasteiger partial charge in [-0.05, 0) is 48.7 Å². The highest BCUT2D eigenvalue weighted by Gasteiger charge is 2.14.